The number of hydrogen-bond donors (Lipinski definition) is 3. The van der Waals surface area contributed by atoms with Gasteiger partial charge in [-0.05, 0) is 38.9 Å². The summed E-state index contributed by atoms with van der Waals surface area (Å²) in [6, 6.07) is 0.155. The summed E-state index contributed by atoms with van der Waals surface area (Å²) in [5.41, 5.74) is 4.98. The van der Waals surface area contributed by atoms with Crippen LogP contribution in [0.2, 0.25) is 0 Å². The standard InChI is InChI=1S/C11H24N4O/c1-2-7-15-8-3-10(4-9-15)13-5-6-14-11(12)16/h10,13H,2-9H2,1H3,(H3,12,14,16). The average Bonchev–Trinajstić information content (AvgIpc) is 2.27. The average molecular weight is 228 g/mol. The van der Waals surface area contributed by atoms with E-state index in [1.807, 2.05) is 0 Å². The van der Waals surface area contributed by atoms with E-state index in [2.05, 4.69) is 22.5 Å². The predicted molar refractivity (Wildman–Crippen MR) is 65.3 cm³/mol. The minimum Gasteiger partial charge on any atom is -0.352 e. The summed E-state index contributed by atoms with van der Waals surface area (Å²) < 4.78 is 0. The molecule has 1 rings (SSSR count). The molecular weight excluding hydrogens is 204 g/mol. The third-order valence-electron chi connectivity index (χ3n) is 2.98. The lowest BCUT2D eigenvalue weighted by atomic mass is 10.1. The van der Waals surface area contributed by atoms with E-state index in [9.17, 15) is 4.79 Å². The summed E-state index contributed by atoms with van der Waals surface area (Å²) in [5.74, 6) is 0. The Balaban J connectivity index is 2.01. The molecule has 0 aromatic rings. The molecule has 0 aliphatic carbocycles. The fraction of sp³-hybridized carbons (Fsp3) is 0.909. The van der Waals surface area contributed by atoms with Crippen molar-refractivity contribution >= 4 is 6.03 Å². The minimum atomic E-state index is -0.445. The second kappa shape index (κ2) is 7.46. The van der Waals surface area contributed by atoms with Crippen LogP contribution in [0.25, 0.3) is 0 Å². The van der Waals surface area contributed by atoms with E-state index in [1.165, 1.54) is 38.9 Å². The number of piperidine rings is 1. The first-order valence-corrected chi connectivity index (χ1v) is 6.21. The van der Waals surface area contributed by atoms with Crippen molar-refractivity contribution in [2.45, 2.75) is 32.2 Å². The van der Waals surface area contributed by atoms with Crippen molar-refractivity contribution in [3.8, 4) is 0 Å². The molecule has 4 N–H and O–H groups in total. The molecule has 1 fully saturated rings. The fourth-order valence-electron chi connectivity index (χ4n) is 2.14. The Labute approximate surface area is 97.7 Å². The van der Waals surface area contributed by atoms with Crippen LogP contribution in [0, 0.1) is 0 Å². The molecule has 1 aliphatic rings. The third-order valence-corrected chi connectivity index (χ3v) is 2.98. The monoisotopic (exact) mass is 228 g/mol. The van der Waals surface area contributed by atoms with Gasteiger partial charge in [0.2, 0.25) is 0 Å². The first-order chi connectivity index (χ1) is 7.72. The highest BCUT2D eigenvalue weighted by Crippen LogP contribution is 2.09. The van der Waals surface area contributed by atoms with Crippen molar-refractivity contribution in [2.24, 2.45) is 5.73 Å². The number of amides is 2. The molecule has 0 atom stereocenters. The minimum absolute atomic E-state index is 0.445. The van der Waals surface area contributed by atoms with Gasteiger partial charge in [0.15, 0.2) is 0 Å². The Morgan fingerprint density at radius 2 is 2.06 bits per heavy atom. The largest absolute Gasteiger partial charge is 0.352 e. The van der Waals surface area contributed by atoms with Crippen LogP contribution in [0.3, 0.4) is 0 Å². The summed E-state index contributed by atoms with van der Waals surface area (Å²) in [4.78, 5) is 13.0. The van der Waals surface area contributed by atoms with Gasteiger partial charge in [0.1, 0.15) is 0 Å². The quantitative estimate of drug-likeness (QED) is 0.565. The molecule has 0 bridgehead atoms. The van der Waals surface area contributed by atoms with Gasteiger partial charge in [0.05, 0.1) is 0 Å². The number of primary amides is 1. The first kappa shape index (κ1) is 13.3. The molecule has 5 heteroatoms. The molecule has 0 unspecified atom stereocenters. The normalized spacial score (nSPS) is 18.6. The SMILES string of the molecule is CCCN1CCC(NCCNC(N)=O)CC1. The van der Waals surface area contributed by atoms with Gasteiger partial charge in [-0.3, -0.25) is 0 Å². The summed E-state index contributed by atoms with van der Waals surface area (Å²) in [6.07, 6.45) is 3.65. The molecule has 0 spiro atoms. The van der Waals surface area contributed by atoms with Crippen LogP contribution in [0.15, 0.2) is 0 Å². The van der Waals surface area contributed by atoms with E-state index in [-0.39, 0.29) is 0 Å². The number of likely N-dealkylation sites (tertiary alicyclic amines) is 1. The van der Waals surface area contributed by atoms with E-state index in [4.69, 9.17) is 5.73 Å². The number of carbonyl (C=O) groups excluding carboxylic acids is 1. The summed E-state index contributed by atoms with van der Waals surface area (Å²) in [7, 11) is 0. The number of nitrogens with zero attached hydrogens (tertiary/aromatic N) is 1. The smallest absolute Gasteiger partial charge is 0.312 e. The van der Waals surface area contributed by atoms with Crippen LogP contribution in [0.5, 0.6) is 0 Å². The van der Waals surface area contributed by atoms with Gasteiger partial charge in [0.25, 0.3) is 0 Å². The maximum Gasteiger partial charge on any atom is 0.312 e. The van der Waals surface area contributed by atoms with Gasteiger partial charge in [-0.25, -0.2) is 4.79 Å². The number of carbonyl (C=O) groups is 1. The van der Waals surface area contributed by atoms with Crippen molar-refractivity contribution in [3.05, 3.63) is 0 Å². The Morgan fingerprint density at radius 3 is 2.62 bits per heavy atom. The zero-order valence-corrected chi connectivity index (χ0v) is 10.2. The molecule has 16 heavy (non-hydrogen) atoms. The van der Waals surface area contributed by atoms with Gasteiger partial charge in [-0.1, -0.05) is 6.92 Å². The van der Waals surface area contributed by atoms with Gasteiger partial charge in [0, 0.05) is 19.1 Å². The predicted octanol–water partition coefficient (Wildman–Crippen LogP) is 0.119. The molecule has 5 nitrogen and oxygen atoms in total. The Kier molecular flexibility index (Phi) is 6.18. The lowest BCUT2D eigenvalue weighted by molar-refractivity contribution is 0.198. The van der Waals surface area contributed by atoms with Crippen molar-refractivity contribution in [1.82, 2.24) is 15.5 Å². The number of nitrogens with one attached hydrogen (secondary N) is 2. The highest BCUT2D eigenvalue weighted by molar-refractivity contribution is 5.71. The molecule has 0 saturated carbocycles. The topological polar surface area (TPSA) is 70.4 Å². The Hall–Kier alpha value is -0.810. The number of hydrogen-bond acceptors (Lipinski definition) is 3. The zero-order valence-electron chi connectivity index (χ0n) is 10.2. The number of rotatable bonds is 6. The molecule has 0 aromatic carbocycles. The Morgan fingerprint density at radius 1 is 1.38 bits per heavy atom. The van der Waals surface area contributed by atoms with Crippen LogP contribution >= 0.6 is 0 Å². The summed E-state index contributed by atoms with van der Waals surface area (Å²) in [5, 5.41) is 6.02. The van der Waals surface area contributed by atoms with Gasteiger partial charge in [-0.2, -0.15) is 0 Å². The van der Waals surface area contributed by atoms with E-state index in [1.54, 1.807) is 0 Å². The third kappa shape index (κ3) is 5.32. The summed E-state index contributed by atoms with van der Waals surface area (Å²) in [6.45, 7) is 7.24. The second-order valence-corrected chi connectivity index (χ2v) is 4.36. The van der Waals surface area contributed by atoms with Crippen molar-refractivity contribution in [2.75, 3.05) is 32.7 Å². The van der Waals surface area contributed by atoms with Gasteiger partial charge < -0.3 is 21.3 Å². The van der Waals surface area contributed by atoms with Gasteiger partial charge in [-0.15, -0.1) is 0 Å². The van der Waals surface area contributed by atoms with Crippen LogP contribution < -0.4 is 16.4 Å². The molecule has 94 valence electrons. The maximum absolute atomic E-state index is 10.4. The van der Waals surface area contributed by atoms with E-state index in [0.717, 1.165) is 6.54 Å². The van der Waals surface area contributed by atoms with Crippen LogP contribution in [-0.4, -0.2) is 49.7 Å². The molecule has 1 aliphatic heterocycles. The summed E-state index contributed by atoms with van der Waals surface area (Å²) >= 11 is 0. The molecule has 1 heterocycles. The van der Waals surface area contributed by atoms with E-state index in [0.29, 0.717) is 12.6 Å². The fourth-order valence-corrected chi connectivity index (χ4v) is 2.14. The Bertz CT molecular complexity index is 202. The maximum atomic E-state index is 10.4. The molecule has 0 radical (unpaired) electrons. The van der Waals surface area contributed by atoms with Crippen LogP contribution in [0.4, 0.5) is 4.79 Å². The van der Waals surface area contributed by atoms with Crippen molar-refractivity contribution in [1.29, 1.82) is 0 Å². The van der Waals surface area contributed by atoms with Crippen LogP contribution in [0.1, 0.15) is 26.2 Å². The highest BCUT2D eigenvalue weighted by Gasteiger charge is 2.17. The molecule has 2 amide bonds. The van der Waals surface area contributed by atoms with Crippen LogP contribution in [-0.2, 0) is 0 Å². The lowest BCUT2D eigenvalue weighted by Gasteiger charge is -2.32. The molecule has 1 saturated heterocycles. The first-order valence-electron chi connectivity index (χ1n) is 6.21. The molecular formula is C11H24N4O. The van der Waals surface area contributed by atoms with E-state index < -0.39 is 6.03 Å². The second-order valence-electron chi connectivity index (χ2n) is 4.36. The number of nitrogens with two attached hydrogens (primary N) is 1. The van der Waals surface area contributed by atoms with Crippen molar-refractivity contribution in [3.63, 3.8) is 0 Å². The van der Waals surface area contributed by atoms with Crippen molar-refractivity contribution < 1.29 is 4.79 Å². The lowest BCUT2D eigenvalue weighted by Crippen LogP contribution is -2.45. The highest BCUT2D eigenvalue weighted by atomic mass is 16.2. The molecule has 0 aromatic heterocycles. The number of urea groups is 1. The van der Waals surface area contributed by atoms with E-state index >= 15 is 0 Å². The zero-order chi connectivity index (χ0) is 11.8. The van der Waals surface area contributed by atoms with Gasteiger partial charge >= 0.3 is 6.03 Å².